The number of carbonyl (C=O) groups excluding carboxylic acids is 1. The highest BCUT2D eigenvalue weighted by atomic mass is 16.5. The molecule has 0 aliphatic carbocycles. The molecule has 6 heteroatoms. The molecule has 0 radical (unpaired) electrons. The first-order chi connectivity index (χ1) is 13.2. The predicted octanol–water partition coefficient (Wildman–Crippen LogP) is 2.74. The number of carbonyl (C=O) groups is 1. The van der Waals surface area contributed by atoms with E-state index in [1.54, 1.807) is 7.11 Å². The minimum absolute atomic E-state index is 0.0976. The molecule has 0 bridgehead atoms. The zero-order valence-electron chi connectivity index (χ0n) is 16.5. The Hall–Kier alpha value is -1.92. The van der Waals surface area contributed by atoms with Gasteiger partial charge in [0.2, 0.25) is 0 Å². The maximum absolute atomic E-state index is 13.3. The van der Waals surface area contributed by atoms with Gasteiger partial charge < -0.3 is 14.0 Å². The first kappa shape index (κ1) is 18.4. The number of fused-ring (bicyclic) bond motifs is 1. The van der Waals surface area contributed by atoms with Crippen LogP contribution in [0.1, 0.15) is 47.4 Å². The summed E-state index contributed by atoms with van der Waals surface area (Å²) in [5, 5.41) is 0. The Balaban J connectivity index is 1.65. The van der Waals surface area contributed by atoms with Crippen molar-refractivity contribution in [2.75, 3.05) is 39.9 Å². The number of imidazole rings is 1. The Morgan fingerprint density at radius 2 is 2.07 bits per heavy atom. The molecule has 0 unspecified atom stereocenters. The second-order valence-electron chi connectivity index (χ2n) is 7.99. The van der Waals surface area contributed by atoms with E-state index < -0.39 is 0 Å². The molecule has 2 saturated heterocycles. The van der Waals surface area contributed by atoms with Gasteiger partial charge in [-0.1, -0.05) is 6.07 Å². The van der Waals surface area contributed by atoms with Crippen LogP contribution in [0.3, 0.4) is 0 Å². The van der Waals surface area contributed by atoms with Gasteiger partial charge >= 0.3 is 0 Å². The summed E-state index contributed by atoms with van der Waals surface area (Å²) in [7, 11) is 1.77. The number of hydrogen-bond acceptors (Lipinski definition) is 4. The molecule has 0 N–H and O–H groups in total. The molecule has 2 fully saturated rings. The number of aryl methyl sites for hydroxylation is 1. The summed E-state index contributed by atoms with van der Waals surface area (Å²) in [5.41, 5.74) is 3.68. The fourth-order valence-corrected chi connectivity index (χ4v) is 4.46. The van der Waals surface area contributed by atoms with Gasteiger partial charge in [0.25, 0.3) is 5.91 Å². The molecular weight excluding hydrogens is 340 g/mol. The van der Waals surface area contributed by atoms with E-state index in [-0.39, 0.29) is 5.91 Å². The summed E-state index contributed by atoms with van der Waals surface area (Å²) < 4.78 is 7.45. The maximum atomic E-state index is 13.3. The number of methoxy groups -OCH3 is 1. The fraction of sp³-hybridized carbons (Fsp3) is 0.619. The molecule has 2 aliphatic rings. The van der Waals surface area contributed by atoms with Crippen LogP contribution in [0.25, 0.3) is 5.65 Å². The molecule has 4 heterocycles. The van der Waals surface area contributed by atoms with Gasteiger partial charge in [-0.05, 0) is 56.7 Å². The molecule has 0 saturated carbocycles. The standard InChI is InChI=1S/C21H30N4O2/c1-16-7-6-11-25-18(14-23-12-8-17(13-23)15-27-2)19(22-20(16)25)21(26)24-9-4-3-5-10-24/h6-7,11,17H,3-5,8-10,12-15H2,1-2H3/t17-/m0/s1. The second-order valence-corrected chi connectivity index (χ2v) is 7.99. The number of pyridine rings is 1. The summed E-state index contributed by atoms with van der Waals surface area (Å²) in [6.45, 7) is 7.40. The highest BCUT2D eigenvalue weighted by Crippen LogP contribution is 2.24. The van der Waals surface area contributed by atoms with Crippen molar-refractivity contribution in [2.24, 2.45) is 5.92 Å². The average molecular weight is 370 g/mol. The monoisotopic (exact) mass is 370 g/mol. The molecule has 1 amide bonds. The molecule has 2 aliphatic heterocycles. The van der Waals surface area contributed by atoms with E-state index in [1.165, 1.54) is 6.42 Å². The summed E-state index contributed by atoms with van der Waals surface area (Å²) in [4.78, 5) is 22.5. The van der Waals surface area contributed by atoms with Crippen molar-refractivity contribution in [2.45, 2.75) is 39.2 Å². The van der Waals surface area contributed by atoms with Gasteiger partial charge in [0.15, 0.2) is 5.69 Å². The number of likely N-dealkylation sites (tertiary alicyclic amines) is 2. The second kappa shape index (κ2) is 7.98. The molecule has 2 aromatic heterocycles. The molecule has 2 aromatic rings. The first-order valence-electron chi connectivity index (χ1n) is 10.1. The van der Waals surface area contributed by atoms with Crippen LogP contribution in [0.15, 0.2) is 18.3 Å². The van der Waals surface area contributed by atoms with Gasteiger partial charge in [-0.15, -0.1) is 0 Å². The van der Waals surface area contributed by atoms with Gasteiger partial charge in [-0.3, -0.25) is 9.69 Å². The quantitative estimate of drug-likeness (QED) is 0.812. The topological polar surface area (TPSA) is 50.1 Å². The van der Waals surface area contributed by atoms with Crippen LogP contribution in [0.4, 0.5) is 0 Å². The van der Waals surface area contributed by atoms with Crippen molar-refractivity contribution >= 4 is 11.6 Å². The molecule has 146 valence electrons. The third-order valence-electron chi connectivity index (χ3n) is 5.94. The van der Waals surface area contributed by atoms with Crippen molar-refractivity contribution in [3.05, 3.63) is 35.3 Å². The van der Waals surface area contributed by atoms with Crippen molar-refractivity contribution in [1.29, 1.82) is 0 Å². The smallest absolute Gasteiger partial charge is 0.274 e. The Bertz CT molecular complexity index is 810. The van der Waals surface area contributed by atoms with Crippen molar-refractivity contribution in [3.63, 3.8) is 0 Å². The van der Waals surface area contributed by atoms with E-state index in [2.05, 4.69) is 22.3 Å². The molecule has 27 heavy (non-hydrogen) atoms. The number of aromatic nitrogens is 2. The van der Waals surface area contributed by atoms with Crippen LogP contribution < -0.4 is 0 Å². The lowest BCUT2D eigenvalue weighted by atomic mass is 10.1. The van der Waals surface area contributed by atoms with E-state index in [9.17, 15) is 4.79 Å². The SMILES string of the molecule is COC[C@H]1CCN(Cc2c(C(=O)N3CCCCC3)nc3c(C)cccn23)C1. The first-order valence-corrected chi connectivity index (χ1v) is 10.1. The lowest BCUT2D eigenvalue weighted by Crippen LogP contribution is -2.36. The van der Waals surface area contributed by atoms with E-state index in [0.717, 1.165) is 75.5 Å². The van der Waals surface area contributed by atoms with E-state index in [0.29, 0.717) is 11.6 Å². The number of rotatable bonds is 5. The van der Waals surface area contributed by atoms with Crippen molar-refractivity contribution in [3.8, 4) is 0 Å². The Kier molecular flexibility index (Phi) is 5.45. The molecule has 6 nitrogen and oxygen atoms in total. The van der Waals surface area contributed by atoms with Gasteiger partial charge in [0.05, 0.1) is 12.3 Å². The minimum Gasteiger partial charge on any atom is -0.384 e. The van der Waals surface area contributed by atoms with Crippen LogP contribution in [-0.4, -0.2) is 65.0 Å². The van der Waals surface area contributed by atoms with E-state index in [4.69, 9.17) is 9.72 Å². The van der Waals surface area contributed by atoms with Crippen molar-refractivity contribution < 1.29 is 9.53 Å². The lowest BCUT2D eigenvalue weighted by molar-refractivity contribution is 0.0716. The zero-order valence-corrected chi connectivity index (χ0v) is 16.5. The molecule has 0 spiro atoms. The van der Waals surface area contributed by atoms with Gasteiger partial charge in [0.1, 0.15) is 5.65 Å². The number of nitrogens with zero attached hydrogens (tertiary/aromatic N) is 4. The van der Waals surface area contributed by atoms with Crippen LogP contribution in [0, 0.1) is 12.8 Å². The number of ether oxygens (including phenoxy) is 1. The van der Waals surface area contributed by atoms with E-state index in [1.807, 2.05) is 17.2 Å². The Labute approximate surface area is 161 Å². The third kappa shape index (κ3) is 3.73. The number of piperidine rings is 1. The molecule has 1 atom stereocenters. The van der Waals surface area contributed by atoms with E-state index >= 15 is 0 Å². The Morgan fingerprint density at radius 3 is 2.85 bits per heavy atom. The van der Waals surface area contributed by atoms with Crippen LogP contribution >= 0.6 is 0 Å². The van der Waals surface area contributed by atoms with Crippen molar-refractivity contribution in [1.82, 2.24) is 19.2 Å². The normalized spacial score (nSPS) is 21.3. The minimum atomic E-state index is 0.0976. The van der Waals surface area contributed by atoms with Crippen LogP contribution in [0.5, 0.6) is 0 Å². The van der Waals surface area contributed by atoms with Gasteiger partial charge in [0, 0.05) is 39.5 Å². The average Bonchev–Trinajstić information content (AvgIpc) is 3.28. The summed E-state index contributed by atoms with van der Waals surface area (Å²) in [6.07, 6.45) is 6.60. The molecular formula is C21H30N4O2. The molecule has 0 aromatic carbocycles. The maximum Gasteiger partial charge on any atom is 0.274 e. The highest BCUT2D eigenvalue weighted by molar-refractivity contribution is 5.94. The summed E-state index contributed by atoms with van der Waals surface area (Å²) >= 11 is 0. The lowest BCUT2D eigenvalue weighted by Gasteiger charge is -2.26. The predicted molar refractivity (Wildman–Crippen MR) is 105 cm³/mol. The Morgan fingerprint density at radius 1 is 1.26 bits per heavy atom. The highest BCUT2D eigenvalue weighted by Gasteiger charge is 2.29. The summed E-state index contributed by atoms with van der Waals surface area (Å²) in [5.74, 6) is 0.678. The molecule has 4 rings (SSSR count). The number of hydrogen-bond donors (Lipinski definition) is 0. The summed E-state index contributed by atoms with van der Waals surface area (Å²) in [6, 6.07) is 4.10. The number of amides is 1. The van der Waals surface area contributed by atoms with Gasteiger partial charge in [-0.2, -0.15) is 0 Å². The fourth-order valence-electron chi connectivity index (χ4n) is 4.46. The zero-order chi connectivity index (χ0) is 18.8. The third-order valence-corrected chi connectivity index (χ3v) is 5.94. The van der Waals surface area contributed by atoms with Crippen LogP contribution in [0.2, 0.25) is 0 Å². The van der Waals surface area contributed by atoms with Gasteiger partial charge in [-0.25, -0.2) is 4.98 Å². The van der Waals surface area contributed by atoms with Crippen LogP contribution in [-0.2, 0) is 11.3 Å². The largest absolute Gasteiger partial charge is 0.384 e.